The zero-order valence-electron chi connectivity index (χ0n) is 13.5. The van der Waals surface area contributed by atoms with Crippen molar-refractivity contribution in [3.8, 4) is 5.75 Å². The highest BCUT2D eigenvalue weighted by atomic mass is 19.1. The van der Waals surface area contributed by atoms with E-state index < -0.39 is 0 Å². The van der Waals surface area contributed by atoms with Gasteiger partial charge in [0.15, 0.2) is 0 Å². The molecule has 0 saturated carbocycles. The van der Waals surface area contributed by atoms with Gasteiger partial charge in [-0.05, 0) is 30.2 Å². The largest absolute Gasteiger partial charge is 0.493 e. The lowest BCUT2D eigenvalue weighted by molar-refractivity contribution is 0.0919. The summed E-state index contributed by atoms with van der Waals surface area (Å²) in [5.41, 5.74) is 2.04. The Kier molecular flexibility index (Phi) is 4.07. The van der Waals surface area contributed by atoms with Crippen LogP contribution in [0.1, 0.15) is 54.0 Å². The Morgan fingerprint density at radius 2 is 2.22 bits per heavy atom. The third kappa shape index (κ3) is 3.06. The van der Waals surface area contributed by atoms with Crippen molar-refractivity contribution in [3.05, 3.63) is 47.0 Å². The molecule has 0 aliphatic carbocycles. The predicted octanol–water partition coefficient (Wildman–Crippen LogP) is 2.94. The van der Waals surface area contributed by atoms with Gasteiger partial charge >= 0.3 is 0 Å². The molecule has 2 aromatic rings. The van der Waals surface area contributed by atoms with Crippen LogP contribution < -0.4 is 10.1 Å². The summed E-state index contributed by atoms with van der Waals surface area (Å²) in [6, 6.07) is 5.90. The lowest BCUT2D eigenvalue weighted by atomic mass is 10.00. The normalized spacial score (nSPS) is 16.8. The molecule has 3 rings (SSSR count). The maximum absolute atomic E-state index is 13.5. The monoisotopic (exact) mass is 317 g/mol. The Balaban J connectivity index is 1.82. The summed E-state index contributed by atoms with van der Waals surface area (Å²) in [6.45, 7) is 4.59. The summed E-state index contributed by atoms with van der Waals surface area (Å²) in [6.07, 6.45) is 0.603. The number of halogens is 1. The van der Waals surface area contributed by atoms with Gasteiger partial charge in [-0.25, -0.2) is 4.39 Å². The van der Waals surface area contributed by atoms with Gasteiger partial charge in [-0.1, -0.05) is 13.8 Å². The minimum Gasteiger partial charge on any atom is -0.493 e. The second-order valence-electron chi connectivity index (χ2n) is 6.08. The Hall–Kier alpha value is -2.37. The molecular weight excluding hydrogens is 297 g/mol. The molecular formula is C17H20FN3O2. The number of hydrogen-bond acceptors (Lipinski definition) is 3. The third-order valence-corrected chi connectivity index (χ3v) is 4.06. The van der Waals surface area contributed by atoms with Gasteiger partial charge < -0.3 is 10.1 Å². The van der Waals surface area contributed by atoms with Gasteiger partial charge in [-0.15, -0.1) is 0 Å². The minimum absolute atomic E-state index is 0.255. The lowest BCUT2D eigenvalue weighted by Crippen LogP contribution is -2.32. The highest BCUT2D eigenvalue weighted by Crippen LogP contribution is 2.32. The van der Waals surface area contributed by atoms with Gasteiger partial charge in [-0.2, -0.15) is 5.10 Å². The van der Waals surface area contributed by atoms with Crippen molar-refractivity contribution in [2.24, 2.45) is 7.05 Å². The topological polar surface area (TPSA) is 56.1 Å². The lowest BCUT2D eigenvalue weighted by Gasteiger charge is -2.26. The zero-order chi connectivity index (χ0) is 16.6. The molecule has 5 nitrogen and oxygen atoms in total. The molecule has 0 saturated heterocycles. The second kappa shape index (κ2) is 6.02. The van der Waals surface area contributed by atoms with Gasteiger partial charge in [0.2, 0.25) is 0 Å². The molecule has 1 aromatic heterocycles. The van der Waals surface area contributed by atoms with Gasteiger partial charge in [0, 0.05) is 24.7 Å². The average Bonchev–Trinajstić information content (AvgIpc) is 2.90. The fourth-order valence-electron chi connectivity index (χ4n) is 2.88. The summed E-state index contributed by atoms with van der Waals surface area (Å²) in [5, 5.41) is 7.21. The van der Waals surface area contributed by atoms with E-state index in [-0.39, 0.29) is 23.7 Å². The summed E-state index contributed by atoms with van der Waals surface area (Å²) < 4.78 is 20.7. The fourth-order valence-corrected chi connectivity index (χ4v) is 2.88. The number of nitrogens with one attached hydrogen (secondary N) is 1. The SMILES string of the molecule is CC(C)c1cc(C(=O)N[C@@H]2CCOc3ccc(F)cc32)nn1C. The van der Waals surface area contributed by atoms with E-state index in [0.717, 1.165) is 5.69 Å². The molecule has 122 valence electrons. The molecule has 0 radical (unpaired) electrons. The van der Waals surface area contributed by atoms with Crippen LogP contribution in [0.4, 0.5) is 4.39 Å². The first kappa shape index (κ1) is 15.5. The number of aromatic nitrogens is 2. The minimum atomic E-state index is -0.339. The van der Waals surface area contributed by atoms with Crippen molar-refractivity contribution in [1.29, 1.82) is 0 Å². The van der Waals surface area contributed by atoms with Crippen LogP contribution in [-0.4, -0.2) is 22.3 Å². The molecule has 0 unspecified atom stereocenters. The van der Waals surface area contributed by atoms with Crippen molar-refractivity contribution in [2.45, 2.75) is 32.2 Å². The summed E-state index contributed by atoms with van der Waals surface area (Å²) in [4.78, 5) is 12.5. The van der Waals surface area contributed by atoms with Crippen molar-refractivity contribution < 1.29 is 13.9 Å². The van der Waals surface area contributed by atoms with Crippen molar-refractivity contribution >= 4 is 5.91 Å². The van der Waals surface area contributed by atoms with E-state index >= 15 is 0 Å². The van der Waals surface area contributed by atoms with E-state index in [1.54, 1.807) is 16.8 Å². The molecule has 6 heteroatoms. The fraction of sp³-hybridized carbons (Fsp3) is 0.412. The van der Waals surface area contributed by atoms with E-state index in [2.05, 4.69) is 24.3 Å². The number of hydrogen-bond donors (Lipinski definition) is 1. The Morgan fingerprint density at radius 1 is 1.43 bits per heavy atom. The molecule has 2 heterocycles. The Morgan fingerprint density at radius 3 is 2.91 bits per heavy atom. The molecule has 1 aliphatic rings. The molecule has 0 fully saturated rings. The van der Waals surface area contributed by atoms with Crippen molar-refractivity contribution in [2.75, 3.05) is 6.61 Å². The van der Waals surface area contributed by atoms with Gasteiger partial charge in [0.05, 0.1) is 12.6 Å². The quantitative estimate of drug-likeness (QED) is 0.947. The maximum Gasteiger partial charge on any atom is 0.272 e. The van der Waals surface area contributed by atoms with Gasteiger partial charge in [0.25, 0.3) is 5.91 Å². The van der Waals surface area contributed by atoms with E-state index in [1.165, 1.54) is 12.1 Å². The number of benzene rings is 1. The number of nitrogens with zero attached hydrogens (tertiary/aromatic N) is 2. The molecule has 1 amide bonds. The van der Waals surface area contributed by atoms with Crippen LogP contribution in [0.15, 0.2) is 24.3 Å². The molecule has 0 bridgehead atoms. The number of amides is 1. The van der Waals surface area contributed by atoms with Crippen LogP contribution >= 0.6 is 0 Å². The molecule has 1 aliphatic heterocycles. The summed E-state index contributed by atoms with van der Waals surface area (Å²) in [7, 11) is 1.82. The summed E-state index contributed by atoms with van der Waals surface area (Å²) >= 11 is 0. The number of carbonyl (C=O) groups excluding carboxylic acids is 1. The standard InChI is InChI=1S/C17H20FN3O2/c1-10(2)15-9-14(20-21(15)3)17(22)19-13-6-7-23-16-5-4-11(18)8-12(13)16/h4-5,8-10,13H,6-7H2,1-3H3,(H,19,22)/t13-/m1/s1. The number of aryl methyl sites for hydroxylation is 1. The molecule has 1 atom stereocenters. The Bertz CT molecular complexity index is 739. The first-order chi connectivity index (χ1) is 11.0. The average molecular weight is 317 g/mol. The smallest absolute Gasteiger partial charge is 0.272 e. The van der Waals surface area contributed by atoms with Gasteiger partial charge in [-0.3, -0.25) is 9.48 Å². The number of carbonyl (C=O) groups is 1. The first-order valence-corrected chi connectivity index (χ1v) is 7.72. The van der Waals surface area contributed by atoms with Crippen LogP contribution in [-0.2, 0) is 7.05 Å². The van der Waals surface area contributed by atoms with Crippen LogP contribution in [0.5, 0.6) is 5.75 Å². The number of rotatable bonds is 3. The van der Waals surface area contributed by atoms with Crippen LogP contribution in [0, 0.1) is 5.82 Å². The predicted molar refractivity (Wildman–Crippen MR) is 84.0 cm³/mol. The van der Waals surface area contributed by atoms with E-state index in [4.69, 9.17) is 4.74 Å². The Labute approximate surface area is 134 Å². The highest BCUT2D eigenvalue weighted by molar-refractivity contribution is 5.92. The van der Waals surface area contributed by atoms with Crippen molar-refractivity contribution in [1.82, 2.24) is 15.1 Å². The molecule has 1 N–H and O–H groups in total. The van der Waals surface area contributed by atoms with E-state index in [0.29, 0.717) is 30.0 Å². The molecule has 0 spiro atoms. The maximum atomic E-state index is 13.5. The van der Waals surface area contributed by atoms with Gasteiger partial charge in [0.1, 0.15) is 17.3 Å². The zero-order valence-corrected chi connectivity index (χ0v) is 13.5. The second-order valence-corrected chi connectivity index (χ2v) is 6.08. The number of fused-ring (bicyclic) bond motifs is 1. The summed E-state index contributed by atoms with van der Waals surface area (Å²) in [5.74, 6) is 0.307. The van der Waals surface area contributed by atoms with E-state index in [1.807, 2.05) is 7.05 Å². The molecule has 1 aromatic carbocycles. The first-order valence-electron chi connectivity index (χ1n) is 7.72. The van der Waals surface area contributed by atoms with Crippen molar-refractivity contribution in [3.63, 3.8) is 0 Å². The van der Waals surface area contributed by atoms with Crippen LogP contribution in [0.3, 0.4) is 0 Å². The third-order valence-electron chi connectivity index (χ3n) is 4.06. The van der Waals surface area contributed by atoms with Crippen LogP contribution in [0.25, 0.3) is 0 Å². The van der Waals surface area contributed by atoms with E-state index in [9.17, 15) is 9.18 Å². The highest BCUT2D eigenvalue weighted by Gasteiger charge is 2.25. The number of ether oxygens (including phenoxy) is 1. The van der Waals surface area contributed by atoms with Crippen LogP contribution in [0.2, 0.25) is 0 Å². The molecule has 23 heavy (non-hydrogen) atoms.